The number of hydrogen-bond acceptors (Lipinski definition) is 5. The van der Waals surface area contributed by atoms with Crippen LogP contribution in [0.3, 0.4) is 0 Å². The van der Waals surface area contributed by atoms with Gasteiger partial charge in [0.1, 0.15) is 17.3 Å². The zero-order valence-corrected chi connectivity index (χ0v) is 15.9. The number of ether oxygens (including phenoxy) is 2. The molecule has 0 saturated heterocycles. The van der Waals surface area contributed by atoms with E-state index < -0.39 is 5.91 Å². The first-order valence-corrected chi connectivity index (χ1v) is 8.50. The Labute approximate surface area is 162 Å². The van der Waals surface area contributed by atoms with E-state index in [2.05, 4.69) is 10.5 Å². The number of benzene rings is 2. The zero-order chi connectivity index (χ0) is 20.5. The number of carbonyl (C=O) groups excluding carboxylic acids is 2. The Bertz CT molecular complexity index is 834. The van der Waals surface area contributed by atoms with E-state index in [9.17, 15) is 14.0 Å². The lowest BCUT2D eigenvalue weighted by Gasteiger charge is -2.11. The van der Waals surface area contributed by atoms with Crippen LogP contribution in [0.15, 0.2) is 53.6 Å². The number of halogens is 1. The average Bonchev–Trinajstić information content (AvgIpc) is 2.70. The Kier molecular flexibility index (Phi) is 7.50. The Balaban J connectivity index is 1.82. The zero-order valence-electron chi connectivity index (χ0n) is 15.9. The van der Waals surface area contributed by atoms with Crippen LogP contribution in [-0.4, -0.2) is 49.7 Å². The second kappa shape index (κ2) is 10.1. The van der Waals surface area contributed by atoms with Gasteiger partial charge in [0.05, 0.1) is 5.71 Å². The molecule has 0 fully saturated rings. The Hall–Kier alpha value is -3.42. The number of amides is 2. The second-order valence-electron chi connectivity index (χ2n) is 6.08. The molecule has 8 heteroatoms. The molecule has 0 aliphatic carbocycles. The third-order valence-electron chi connectivity index (χ3n) is 3.67. The molecule has 0 aliphatic heterocycles. The quantitative estimate of drug-likeness (QED) is 0.556. The number of carbonyl (C=O) groups is 2. The number of rotatable bonds is 8. The van der Waals surface area contributed by atoms with E-state index in [1.807, 2.05) is 0 Å². The first kappa shape index (κ1) is 20.9. The lowest BCUT2D eigenvalue weighted by Crippen LogP contribution is -2.27. The molecule has 0 aromatic heterocycles. The van der Waals surface area contributed by atoms with Gasteiger partial charge in [0.2, 0.25) is 0 Å². The summed E-state index contributed by atoms with van der Waals surface area (Å²) in [5.74, 6) is 0.0000283. The number of nitrogens with zero attached hydrogens (tertiary/aromatic N) is 2. The molecular weight excluding hydrogens is 365 g/mol. The van der Waals surface area contributed by atoms with Crippen molar-refractivity contribution in [3.8, 4) is 11.5 Å². The van der Waals surface area contributed by atoms with Crippen molar-refractivity contribution in [2.24, 2.45) is 5.10 Å². The van der Waals surface area contributed by atoms with Crippen molar-refractivity contribution in [3.05, 3.63) is 59.9 Å². The molecule has 0 heterocycles. The Morgan fingerprint density at radius 2 is 1.50 bits per heavy atom. The summed E-state index contributed by atoms with van der Waals surface area (Å²) in [5, 5.41) is 4.02. The molecule has 2 aromatic carbocycles. The highest BCUT2D eigenvalue weighted by Gasteiger charge is 2.06. The molecular formula is C20H22FN3O4. The van der Waals surface area contributed by atoms with Crippen LogP contribution in [0.1, 0.15) is 12.5 Å². The van der Waals surface area contributed by atoms with E-state index in [4.69, 9.17) is 9.47 Å². The minimum Gasteiger partial charge on any atom is -0.484 e. The molecule has 0 aliphatic rings. The highest BCUT2D eigenvalue weighted by Crippen LogP contribution is 2.13. The summed E-state index contributed by atoms with van der Waals surface area (Å²) in [7, 11) is 3.32. The van der Waals surface area contributed by atoms with Crippen LogP contribution in [-0.2, 0) is 9.59 Å². The fraction of sp³-hybridized carbons (Fsp3) is 0.250. The first-order chi connectivity index (χ1) is 13.3. The molecule has 2 rings (SSSR count). The molecule has 1 N–H and O–H groups in total. The van der Waals surface area contributed by atoms with Crippen molar-refractivity contribution in [1.29, 1.82) is 0 Å². The van der Waals surface area contributed by atoms with E-state index in [1.54, 1.807) is 45.3 Å². The summed E-state index contributed by atoms with van der Waals surface area (Å²) < 4.78 is 23.5. The SMILES string of the molecule is C/C(=N\NC(=O)COc1ccc(F)cc1)c1ccc(OCC(=O)N(C)C)cc1. The number of nitrogens with one attached hydrogen (secondary N) is 1. The van der Waals surface area contributed by atoms with Gasteiger partial charge in [0.15, 0.2) is 13.2 Å². The van der Waals surface area contributed by atoms with Crippen LogP contribution in [0.5, 0.6) is 11.5 Å². The standard InChI is InChI=1S/C20H22FN3O4/c1-14(15-4-8-17(9-5-15)28-13-20(26)24(2)3)22-23-19(25)12-27-18-10-6-16(21)7-11-18/h4-11H,12-13H2,1-3H3,(H,23,25)/b22-14+. The van der Waals surface area contributed by atoms with Gasteiger partial charge in [-0.05, 0) is 61.0 Å². The molecule has 0 unspecified atom stereocenters. The van der Waals surface area contributed by atoms with Gasteiger partial charge >= 0.3 is 0 Å². The Morgan fingerprint density at radius 1 is 0.964 bits per heavy atom. The molecule has 0 radical (unpaired) electrons. The van der Waals surface area contributed by atoms with E-state index in [-0.39, 0.29) is 24.9 Å². The van der Waals surface area contributed by atoms with Crippen LogP contribution >= 0.6 is 0 Å². The molecule has 0 atom stereocenters. The molecule has 7 nitrogen and oxygen atoms in total. The summed E-state index contributed by atoms with van der Waals surface area (Å²) in [6.45, 7) is 1.46. The fourth-order valence-electron chi connectivity index (χ4n) is 1.99. The molecule has 2 aromatic rings. The average molecular weight is 387 g/mol. The van der Waals surface area contributed by atoms with E-state index in [0.717, 1.165) is 5.56 Å². The second-order valence-corrected chi connectivity index (χ2v) is 6.08. The van der Waals surface area contributed by atoms with Gasteiger partial charge in [0.25, 0.3) is 11.8 Å². The molecule has 0 saturated carbocycles. The van der Waals surface area contributed by atoms with Gasteiger partial charge in [-0.3, -0.25) is 9.59 Å². The smallest absolute Gasteiger partial charge is 0.277 e. The van der Waals surface area contributed by atoms with Crippen molar-refractivity contribution in [1.82, 2.24) is 10.3 Å². The predicted octanol–water partition coefficient (Wildman–Crippen LogP) is 2.21. The summed E-state index contributed by atoms with van der Waals surface area (Å²) in [5.41, 5.74) is 3.77. The Morgan fingerprint density at radius 3 is 2.07 bits per heavy atom. The fourth-order valence-corrected chi connectivity index (χ4v) is 1.99. The van der Waals surface area contributed by atoms with E-state index in [1.165, 1.54) is 29.2 Å². The van der Waals surface area contributed by atoms with Gasteiger partial charge in [-0.1, -0.05) is 0 Å². The molecule has 148 valence electrons. The van der Waals surface area contributed by atoms with Crippen LogP contribution in [0.2, 0.25) is 0 Å². The van der Waals surface area contributed by atoms with Gasteiger partial charge in [-0.15, -0.1) is 0 Å². The van der Waals surface area contributed by atoms with Crippen molar-refractivity contribution >= 4 is 17.5 Å². The maximum absolute atomic E-state index is 12.8. The molecule has 2 amide bonds. The van der Waals surface area contributed by atoms with E-state index >= 15 is 0 Å². The van der Waals surface area contributed by atoms with Crippen LogP contribution in [0.4, 0.5) is 4.39 Å². The highest BCUT2D eigenvalue weighted by atomic mass is 19.1. The summed E-state index contributed by atoms with van der Waals surface area (Å²) in [6.07, 6.45) is 0. The van der Waals surface area contributed by atoms with Crippen molar-refractivity contribution < 1.29 is 23.5 Å². The van der Waals surface area contributed by atoms with Crippen LogP contribution in [0.25, 0.3) is 0 Å². The summed E-state index contributed by atoms with van der Waals surface area (Å²) in [6, 6.07) is 12.4. The third kappa shape index (κ3) is 6.71. The largest absolute Gasteiger partial charge is 0.484 e. The van der Waals surface area contributed by atoms with E-state index in [0.29, 0.717) is 17.2 Å². The lowest BCUT2D eigenvalue weighted by molar-refractivity contribution is -0.130. The monoisotopic (exact) mass is 387 g/mol. The highest BCUT2D eigenvalue weighted by molar-refractivity contribution is 5.99. The topological polar surface area (TPSA) is 80.2 Å². The summed E-state index contributed by atoms with van der Waals surface area (Å²) >= 11 is 0. The molecule has 0 spiro atoms. The van der Waals surface area contributed by atoms with Gasteiger partial charge in [-0.2, -0.15) is 5.10 Å². The van der Waals surface area contributed by atoms with Crippen molar-refractivity contribution in [2.75, 3.05) is 27.3 Å². The maximum Gasteiger partial charge on any atom is 0.277 e. The summed E-state index contributed by atoms with van der Waals surface area (Å²) in [4.78, 5) is 24.8. The maximum atomic E-state index is 12.8. The van der Waals surface area contributed by atoms with Gasteiger partial charge in [-0.25, -0.2) is 9.82 Å². The minimum atomic E-state index is -0.439. The number of likely N-dealkylation sites (N-methyl/N-ethyl adjacent to an activating group) is 1. The van der Waals surface area contributed by atoms with Gasteiger partial charge < -0.3 is 14.4 Å². The minimum absolute atomic E-state index is 0.0382. The molecule has 0 bridgehead atoms. The third-order valence-corrected chi connectivity index (χ3v) is 3.67. The lowest BCUT2D eigenvalue weighted by atomic mass is 10.1. The van der Waals surface area contributed by atoms with Crippen LogP contribution < -0.4 is 14.9 Å². The van der Waals surface area contributed by atoms with Crippen molar-refractivity contribution in [3.63, 3.8) is 0 Å². The van der Waals surface area contributed by atoms with Gasteiger partial charge in [0, 0.05) is 14.1 Å². The van der Waals surface area contributed by atoms with Crippen molar-refractivity contribution in [2.45, 2.75) is 6.92 Å². The normalized spacial score (nSPS) is 10.9. The number of hydrogen-bond donors (Lipinski definition) is 1. The molecule has 28 heavy (non-hydrogen) atoms. The number of hydrazone groups is 1. The van der Waals surface area contributed by atoms with Crippen LogP contribution in [0, 0.1) is 5.82 Å². The first-order valence-electron chi connectivity index (χ1n) is 8.50. The predicted molar refractivity (Wildman–Crippen MR) is 103 cm³/mol.